The normalized spacial score (nSPS) is 13.0. The molecule has 178 valence electrons. The van der Waals surface area contributed by atoms with Crippen molar-refractivity contribution in [2.45, 2.75) is 39.2 Å². The summed E-state index contributed by atoms with van der Waals surface area (Å²) in [4.78, 5) is 55.0. The predicted molar refractivity (Wildman–Crippen MR) is 127 cm³/mol. The zero-order valence-electron chi connectivity index (χ0n) is 18.8. The zero-order chi connectivity index (χ0) is 24.2. The Morgan fingerprint density at radius 3 is 2.65 bits per heavy atom. The Kier molecular flexibility index (Phi) is 6.92. The zero-order valence-corrected chi connectivity index (χ0v) is 19.6. The molecule has 0 aliphatic carbocycles. The van der Waals surface area contributed by atoms with E-state index in [1.165, 1.54) is 7.11 Å². The van der Waals surface area contributed by atoms with Crippen LogP contribution in [0.25, 0.3) is 10.2 Å². The summed E-state index contributed by atoms with van der Waals surface area (Å²) in [5.74, 6) is -0.175. The first-order valence-electron chi connectivity index (χ1n) is 10.8. The Morgan fingerprint density at radius 2 is 1.91 bits per heavy atom. The largest absolute Gasteiger partial charge is 0.497 e. The second kappa shape index (κ2) is 10.0. The number of benzene rings is 1. The number of esters is 1. The van der Waals surface area contributed by atoms with E-state index in [-0.39, 0.29) is 10.4 Å². The van der Waals surface area contributed by atoms with Crippen LogP contribution in [0.3, 0.4) is 0 Å². The molecule has 0 spiro atoms. The average Bonchev–Trinajstić information content (AvgIpc) is 2.98. The van der Waals surface area contributed by atoms with Crippen molar-refractivity contribution in [1.82, 2.24) is 14.9 Å². The van der Waals surface area contributed by atoms with Crippen molar-refractivity contribution in [3.8, 4) is 5.75 Å². The number of imide groups is 1. The molecule has 34 heavy (non-hydrogen) atoms. The molecule has 3 aromatic rings. The highest BCUT2D eigenvalue weighted by Crippen LogP contribution is 2.29. The number of urea groups is 1. The molecule has 0 fully saturated rings. The number of thiophene rings is 1. The van der Waals surface area contributed by atoms with Crippen LogP contribution in [0.4, 0.5) is 10.5 Å². The number of ether oxygens (including phenoxy) is 2. The second-order valence-electron chi connectivity index (χ2n) is 7.84. The van der Waals surface area contributed by atoms with E-state index in [1.807, 2.05) is 0 Å². The molecule has 3 amide bonds. The van der Waals surface area contributed by atoms with E-state index in [1.54, 1.807) is 35.8 Å². The van der Waals surface area contributed by atoms with Crippen molar-refractivity contribution in [2.24, 2.45) is 0 Å². The lowest BCUT2D eigenvalue weighted by Gasteiger charge is -2.08. The number of aryl methyl sites for hydroxylation is 2. The average molecular weight is 485 g/mol. The van der Waals surface area contributed by atoms with Gasteiger partial charge >= 0.3 is 12.0 Å². The summed E-state index contributed by atoms with van der Waals surface area (Å²) in [6, 6.07) is 5.78. The van der Waals surface area contributed by atoms with Crippen molar-refractivity contribution < 1.29 is 23.9 Å². The van der Waals surface area contributed by atoms with E-state index in [4.69, 9.17) is 9.47 Å². The number of fused-ring (bicyclic) bond motifs is 2. The number of nitrogens with zero attached hydrogens (tertiary/aromatic N) is 2. The van der Waals surface area contributed by atoms with E-state index in [2.05, 4.69) is 15.6 Å². The van der Waals surface area contributed by atoms with Crippen molar-refractivity contribution in [1.29, 1.82) is 0 Å². The van der Waals surface area contributed by atoms with Crippen molar-refractivity contribution in [2.75, 3.05) is 19.0 Å². The Balaban J connectivity index is 1.39. The van der Waals surface area contributed by atoms with Crippen LogP contribution >= 0.6 is 11.3 Å². The van der Waals surface area contributed by atoms with E-state index in [9.17, 15) is 19.2 Å². The molecule has 0 saturated heterocycles. The number of amides is 3. The lowest BCUT2D eigenvalue weighted by atomic mass is 10.2. The van der Waals surface area contributed by atoms with E-state index < -0.39 is 24.5 Å². The van der Waals surface area contributed by atoms with Gasteiger partial charge in [0.15, 0.2) is 6.61 Å². The molecule has 4 rings (SSSR count). The van der Waals surface area contributed by atoms with Gasteiger partial charge in [0.1, 0.15) is 21.3 Å². The van der Waals surface area contributed by atoms with Crippen LogP contribution in [0.1, 0.15) is 40.3 Å². The maximum Gasteiger partial charge on any atom is 0.349 e. The molecule has 10 nitrogen and oxygen atoms in total. The summed E-state index contributed by atoms with van der Waals surface area (Å²) in [5, 5.41) is 5.00. The van der Waals surface area contributed by atoms with Crippen LogP contribution in [-0.4, -0.2) is 41.2 Å². The number of carbonyl (C=O) groups is 3. The number of methoxy groups -OCH3 is 1. The maximum absolute atomic E-state index is 13.0. The lowest BCUT2D eigenvalue weighted by Crippen LogP contribution is -2.37. The fourth-order valence-electron chi connectivity index (χ4n) is 3.80. The molecule has 0 saturated carbocycles. The first-order valence-corrected chi connectivity index (χ1v) is 11.6. The van der Waals surface area contributed by atoms with Crippen LogP contribution in [0, 0.1) is 6.92 Å². The SMILES string of the molecule is COc1ccc(NC(=O)NC(=O)COC(=O)c2sc3nc4n(c(=O)c3c2C)CCCCC4)cc1. The Morgan fingerprint density at radius 1 is 1.15 bits per heavy atom. The fraction of sp³-hybridized carbons (Fsp3) is 0.348. The van der Waals surface area contributed by atoms with Crippen LogP contribution in [-0.2, 0) is 22.5 Å². The number of hydrogen-bond acceptors (Lipinski definition) is 8. The molecule has 0 atom stereocenters. The molecule has 2 N–H and O–H groups in total. The van der Waals surface area contributed by atoms with Gasteiger partial charge in [-0.1, -0.05) is 6.42 Å². The topological polar surface area (TPSA) is 129 Å². The molecule has 2 aromatic heterocycles. The summed E-state index contributed by atoms with van der Waals surface area (Å²) in [6.45, 7) is 1.64. The van der Waals surface area contributed by atoms with Crippen LogP contribution in [0.2, 0.25) is 0 Å². The van der Waals surface area contributed by atoms with Gasteiger partial charge in [0.2, 0.25) is 0 Å². The van der Waals surface area contributed by atoms with Crippen LogP contribution in [0.15, 0.2) is 29.1 Å². The Bertz CT molecular complexity index is 1310. The number of anilines is 1. The van der Waals surface area contributed by atoms with E-state index in [0.29, 0.717) is 33.8 Å². The minimum atomic E-state index is -0.789. The number of rotatable bonds is 5. The van der Waals surface area contributed by atoms with Gasteiger partial charge in [-0.05, 0) is 49.6 Å². The standard InChI is InChI=1S/C23H24N4O6S/c1-13-18-20(25-16-6-4-3-5-11-27(16)21(18)29)34-19(13)22(30)33-12-17(28)26-23(31)24-14-7-9-15(32-2)10-8-14/h7-10H,3-6,11-12H2,1-2H3,(H2,24,26,28,31). The van der Waals surface area contributed by atoms with Gasteiger partial charge in [-0.2, -0.15) is 0 Å². The molecule has 0 unspecified atom stereocenters. The number of carbonyl (C=O) groups excluding carboxylic acids is 3. The first kappa shape index (κ1) is 23.4. The molecular weight excluding hydrogens is 460 g/mol. The summed E-state index contributed by atoms with van der Waals surface area (Å²) in [5.41, 5.74) is 0.795. The van der Waals surface area contributed by atoms with E-state index >= 15 is 0 Å². The third-order valence-electron chi connectivity index (χ3n) is 5.53. The number of aromatic nitrogens is 2. The number of hydrogen-bond donors (Lipinski definition) is 2. The van der Waals surface area contributed by atoms with Crippen molar-refractivity contribution in [3.05, 3.63) is 50.9 Å². The Labute approximate surface area is 198 Å². The summed E-state index contributed by atoms with van der Waals surface area (Å²) in [6.07, 6.45) is 3.66. The van der Waals surface area contributed by atoms with Gasteiger partial charge in [-0.3, -0.25) is 19.5 Å². The van der Waals surface area contributed by atoms with E-state index in [0.717, 1.165) is 42.8 Å². The molecule has 11 heteroatoms. The maximum atomic E-state index is 13.0. The highest BCUT2D eigenvalue weighted by molar-refractivity contribution is 7.20. The molecule has 1 aromatic carbocycles. The molecule has 3 heterocycles. The Hall–Kier alpha value is -3.73. The molecule has 1 aliphatic rings. The summed E-state index contributed by atoms with van der Waals surface area (Å²) in [7, 11) is 1.53. The van der Waals surface area contributed by atoms with Crippen molar-refractivity contribution >= 4 is 45.1 Å². The first-order chi connectivity index (χ1) is 16.4. The predicted octanol–water partition coefficient (Wildman–Crippen LogP) is 3.01. The van der Waals surface area contributed by atoms with Crippen LogP contribution < -0.4 is 20.9 Å². The van der Waals surface area contributed by atoms with Gasteiger partial charge in [-0.25, -0.2) is 14.6 Å². The number of nitrogens with one attached hydrogen (secondary N) is 2. The minimum Gasteiger partial charge on any atom is -0.497 e. The highest BCUT2D eigenvalue weighted by atomic mass is 32.1. The minimum absolute atomic E-state index is 0.150. The molecular formula is C23H24N4O6S. The monoisotopic (exact) mass is 484 g/mol. The van der Waals surface area contributed by atoms with Crippen LogP contribution in [0.5, 0.6) is 5.75 Å². The second-order valence-corrected chi connectivity index (χ2v) is 8.84. The van der Waals surface area contributed by atoms with Gasteiger partial charge in [0.05, 0.1) is 12.5 Å². The lowest BCUT2D eigenvalue weighted by molar-refractivity contribution is -0.123. The highest BCUT2D eigenvalue weighted by Gasteiger charge is 2.23. The van der Waals surface area contributed by atoms with Gasteiger partial charge < -0.3 is 14.8 Å². The van der Waals surface area contributed by atoms with Crippen molar-refractivity contribution in [3.63, 3.8) is 0 Å². The summed E-state index contributed by atoms with van der Waals surface area (Å²) < 4.78 is 11.8. The third kappa shape index (κ3) is 4.93. The molecule has 1 aliphatic heterocycles. The molecule has 0 bridgehead atoms. The molecule has 0 radical (unpaired) electrons. The fourth-order valence-corrected chi connectivity index (χ4v) is 4.88. The third-order valence-corrected chi connectivity index (χ3v) is 6.70. The smallest absolute Gasteiger partial charge is 0.349 e. The quantitative estimate of drug-likeness (QED) is 0.533. The van der Waals surface area contributed by atoms with Gasteiger partial charge in [-0.15, -0.1) is 11.3 Å². The van der Waals surface area contributed by atoms with Gasteiger partial charge in [0, 0.05) is 18.7 Å². The summed E-state index contributed by atoms with van der Waals surface area (Å²) >= 11 is 1.08. The van der Waals surface area contributed by atoms with Gasteiger partial charge in [0.25, 0.3) is 11.5 Å².